The predicted molar refractivity (Wildman–Crippen MR) is 109 cm³/mol. The number of ether oxygens (including phenoxy) is 2. The Morgan fingerprint density at radius 3 is 1.86 bits per heavy atom. The monoisotopic (exact) mass is 382 g/mol. The van der Waals surface area contributed by atoms with E-state index in [1.165, 1.54) is 0 Å². The standard InChI is InChI=1S/C11H14N2O.C10H12N2O2/c1-6-7(2)14-8(3)9-4-5-10(12)13-11(6)9;1-5-6(2)14-10(13)7-3-4-8(11)12-9(5)7/h4-7H,3H2,1-2H3,(H2,12,13);3-6H,1-2H3,(H2,11,12)/t6-,7-;5-,6-/m10/s1. The van der Waals surface area contributed by atoms with E-state index in [0.717, 1.165) is 17.0 Å². The molecule has 0 amide bonds. The fourth-order valence-electron chi connectivity index (χ4n) is 3.25. The van der Waals surface area contributed by atoms with Crippen LogP contribution in [0.25, 0.3) is 5.76 Å². The number of fused-ring (bicyclic) bond motifs is 2. The molecule has 2 aromatic rings. The zero-order valence-corrected chi connectivity index (χ0v) is 16.6. The molecule has 7 heteroatoms. The summed E-state index contributed by atoms with van der Waals surface area (Å²) in [6.45, 7) is 11.8. The Hall–Kier alpha value is -3.09. The first-order chi connectivity index (χ1) is 13.2. The van der Waals surface area contributed by atoms with Crippen molar-refractivity contribution in [1.29, 1.82) is 0 Å². The van der Waals surface area contributed by atoms with Gasteiger partial charge < -0.3 is 20.9 Å². The number of pyridine rings is 2. The topological polar surface area (TPSA) is 113 Å². The van der Waals surface area contributed by atoms with Crippen LogP contribution in [-0.2, 0) is 9.47 Å². The van der Waals surface area contributed by atoms with Crippen LogP contribution in [0.2, 0.25) is 0 Å². The summed E-state index contributed by atoms with van der Waals surface area (Å²) in [5.41, 5.74) is 14.5. The van der Waals surface area contributed by atoms with Crippen molar-refractivity contribution >= 4 is 23.4 Å². The van der Waals surface area contributed by atoms with E-state index < -0.39 is 0 Å². The second kappa shape index (κ2) is 7.50. The van der Waals surface area contributed by atoms with Gasteiger partial charge in [0.1, 0.15) is 29.6 Å². The largest absolute Gasteiger partial charge is 0.490 e. The molecule has 0 aromatic carbocycles. The molecule has 148 valence electrons. The number of anilines is 2. The molecule has 2 aliphatic rings. The molecule has 4 heterocycles. The van der Waals surface area contributed by atoms with E-state index in [0.29, 0.717) is 23.0 Å². The van der Waals surface area contributed by atoms with Gasteiger partial charge >= 0.3 is 5.97 Å². The van der Waals surface area contributed by atoms with Gasteiger partial charge in [0, 0.05) is 17.4 Å². The van der Waals surface area contributed by atoms with Crippen LogP contribution in [0.3, 0.4) is 0 Å². The highest BCUT2D eigenvalue weighted by molar-refractivity contribution is 5.92. The lowest BCUT2D eigenvalue weighted by molar-refractivity contribution is 0.0235. The first kappa shape index (κ1) is 19.7. The number of nitrogen functional groups attached to an aromatic ring is 2. The van der Waals surface area contributed by atoms with Crippen molar-refractivity contribution in [3.63, 3.8) is 0 Å². The molecule has 4 N–H and O–H groups in total. The van der Waals surface area contributed by atoms with Crippen LogP contribution in [0.15, 0.2) is 30.8 Å². The predicted octanol–water partition coefficient (Wildman–Crippen LogP) is 3.48. The normalized spacial score (nSPS) is 25.4. The van der Waals surface area contributed by atoms with Crippen LogP contribution in [0, 0.1) is 0 Å². The van der Waals surface area contributed by atoms with Gasteiger partial charge in [-0.2, -0.15) is 0 Å². The second-order valence-electron chi connectivity index (χ2n) is 7.27. The first-order valence-electron chi connectivity index (χ1n) is 9.28. The Kier molecular flexibility index (Phi) is 5.27. The zero-order valence-electron chi connectivity index (χ0n) is 16.6. The third-order valence-electron chi connectivity index (χ3n) is 5.30. The molecule has 0 bridgehead atoms. The summed E-state index contributed by atoms with van der Waals surface area (Å²) in [6.07, 6.45) is -0.0198. The maximum atomic E-state index is 11.4. The van der Waals surface area contributed by atoms with E-state index in [4.69, 9.17) is 20.9 Å². The van der Waals surface area contributed by atoms with Gasteiger partial charge in [-0.25, -0.2) is 14.8 Å². The summed E-state index contributed by atoms with van der Waals surface area (Å²) >= 11 is 0. The van der Waals surface area contributed by atoms with Crippen LogP contribution < -0.4 is 11.5 Å². The van der Waals surface area contributed by atoms with Crippen LogP contribution >= 0.6 is 0 Å². The smallest absolute Gasteiger partial charge is 0.340 e. The van der Waals surface area contributed by atoms with Gasteiger partial charge in [0.2, 0.25) is 0 Å². The van der Waals surface area contributed by atoms with Gasteiger partial charge in [0.15, 0.2) is 0 Å². The summed E-state index contributed by atoms with van der Waals surface area (Å²) in [4.78, 5) is 20.0. The van der Waals surface area contributed by atoms with Crippen molar-refractivity contribution in [1.82, 2.24) is 9.97 Å². The fraction of sp³-hybridized carbons (Fsp3) is 0.381. The molecule has 2 aromatic heterocycles. The van der Waals surface area contributed by atoms with Crippen molar-refractivity contribution < 1.29 is 14.3 Å². The van der Waals surface area contributed by atoms with E-state index in [1.54, 1.807) is 18.2 Å². The number of carbonyl (C=O) groups excluding carboxylic acids is 1. The lowest BCUT2D eigenvalue weighted by atomic mass is 9.93. The lowest BCUT2D eigenvalue weighted by Gasteiger charge is -2.30. The average Bonchev–Trinajstić information content (AvgIpc) is 2.64. The molecule has 0 fully saturated rings. The molecule has 0 aliphatic carbocycles. The molecule has 0 saturated heterocycles. The summed E-state index contributed by atoms with van der Waals surface area (Å²) < 4.78 is 10.7. The summed E-state index contributed by atoms with van der Waals surface area (Å²) in [7, 11) is 0. The number of hydrogen-bond acceptors (Lipinski definition) is 7. The summed E-state index contributed by atoms with van der Waals surface area (Å²) in [6, 6.07) is 6.98. The zero-order chi connectivity index (χ0) is 20.6. The second-order valence-corrected chi connectivity index (χ2v) is 7.27. The molecular weight excluding hydrogens is 356 g/mol. The minimum Gasteiger partial charge on any atom is -0.490 e. The van der Waals surface area contributed by atoms with E-state index in [-0.39, 0.29) is 30.0 Å². The molecular formula is C21H26N4O3. The molecule has 28 heavy (non-hydrogen) atoms. The molecule has 0 radical (unpaired) electrons. The van der Waals surface area contributed by atoms with Crippen LogP contribution in [0.1, 0.15) is 66.8 Å². The number of esters is 1. The van der Waals surface area contributed by atoms with Gasteiger partial charge in [-0.05, 0) is 38.1 Å². The number of rotatable bonds is 0. The quantitative estimate of drug-likeness (QED) is 0.671. The number of hydrogen-bond donors (Lipinski definition) is 2. The van der Waals surface area contributed by atoms with Crippen molar-refractivity contribution in [2.75, 3.05) is 11.5 Å². The fourth-order valence-corrected chi connectivity index (χ4v) is 3.25. The molecule has 7 nitrogen and oxygen atoms in total. The Morgan fingerprint density at radius 2 is 1.29 bits per heavy atom. The van der Waals surface area contributed by atoms with Gasteiger partial charge in [0.25, 0.3) is 0 Å². The molecule has 0 spiro atoms. The molecule has 4 rings (SSSR count). The molecule has 0 unspecified atom stereocenters. The van der Waals surface area contributed by atoms with Gasteiger partial charge in [0.05, 0.1) is 17.0 Å². The molecule has 0 saturated carbocycles. The van der Waals surface area contributed by atoms with Crippen molar-refractivity contribution in [2.45, 2.75) is 51.7 Å². The van der Waals surface area contributed by atoms with Gasteiger partial charge in [-0.3, -0.25) is 0 Å². The Morgan fingerprint density at radius 1 is 0.821 bits per heavy atom. The van der Waals surface area contributed by atoms with E-state index in [9.17, 15) is 4.79 Å². The van der Waals surface area contributed by atoms with Gasteiger partial charge in [-0.1, -0.05) is 20.4 Å². The van der Waals surface area contributed by atoms with Crippen molar-refractivity contribution in [2.24, 2.45) is 0 Å². The van der Waals surface area contributed by atoms with E-state index in [1.807, 2.05) is 26.8 Å². The number of aromatic nitrogens is 2. The molecule has 2 aliphatic heterocycles. The van der Waals surface area contributed by atoms with Crippen LogP contribution in [-0.4, -0.2) is 28.1 Å². The van der Waals surface area contributed by atoms with Crippen LogP contribution in [0.4, 0.5) is 11.6 Å². The average molecular weight is 382 g/mol. The summed E-state index contributed by atoms with van der Waals surface area (Å²) in [5.74, 6) is 1.75. The maximum absolute atomic E-state index is 11.4. The Labute approximate surface area is 164 Å². The number of nitrogens with zero attached hydrogens (tertiary/aromatic N) is 2. The lowest BCUT2D eigenvalue weighted by Crippen LogP contribution is -2.29. The van der Waals surface area contributed by atoms with Crippen molar-refractivity contribution in [3.8, 4) is 0 Å². The minimum absolute atomic E-state index is 0.103. The Bertz CT molecular complexity index is 852. The first-order valence-corrected chi connectivity index (χ1v) is 9.28. The highest BCUT2D eigenvalue weighted by atomic mass is 16.5. The van der Waals surface area contributed by atoms with Gasteiger partial charge in [-0.15, -0.1) is 0 Å². The Balaban J connectivity index is 0.000000161. The van der Waals surface area contributed by atoms with Crippen molar-refractivity contribution in [3.05, 3.63) is 53.4 Å². The van der Waals surface area contributed by atoms with E-state index >= 15 is 0 Å². The SMILES string of the molecule is C=C1O[C@H](C)[C@@H](C)c2nc(N)ccc21.C[C@@H]1OC(=O)c2ccc(N)nc2[C@H]1C. The third-order valence-corrected chi connectivity index (χ3v) is 5.30. The third kappa shape index (κ3) is 3.65. The minimum atomic E-state index is -0.307. The summed E-state index contributed by atoms with van der Waals surface area (Å²) in [5, 5.41) is 0. The maximum Gasteiger partial charge on any atom is 0.340 e. The highest BCUT2D eigenvalue weighted by Gasteiger charge is 2.31. The number of nitrogens with two attached hydrogens (primary N) is 2. The molecule has 4 atom stereocenters. The number of cyclic esters (lactones) is 1. The number of carbonyl (C=O) groups is 1. The van der Waals surface area contributed by atoms with E-state index in [2.05, 4.69) is 23.5 Å². The van der Waals surface area contributed by atoms with Crippen LogP contribution in [0.5, 0.6) is 0 Å². The highest BCUT2D eigenvalue weighted by Crippen LogP contribution is 2.35.